The van der Waals surface area contributed by atoms with Gasteiger partial charge in [0.05, 0.1) is 17.0 Å². The van der Waals surface area contributed by atoms with Crippen LogP contribution in [0.4, 0.5) is 4.79 Å². The molecule has 0 spiro atoms. The van der Waals surface area contributed by atoms with Crippen molar-refractivity contribution in [2.45, 2.75) is 53.2 Å². The average molecular weight is 425 g/mol. The first kappa shape index (κ1) is 26.2. The molecule has 158 valence electrons. The van der Waals surface area contributed by atoms with Gasteiger partial charge in [0.25, 0.3) is 0 Å². The molecule has 2 rings (SSSR count). The Morgan fingerprint density at radius 1 is 1.23 bits per heavy atom. The zero-order valence-electron chi connectivity index (χ0n) is 18.6. The number of carbonyl (C=O) groups is 2. The van der Waals surface area contributed by atoms with Crippen molar-refractivity contribution < 1.29 is 49.0 Å². The minimum atomic E-state index is -1.48. The van der Waals surface area contributed by atoms with E-state index in [0.717, 1.165) is 5.56 Å². The van der Waals surface area contributed by atoms with E-state index in [2.05, 4.69) is 5.43 Å². The summed E-state index contributed by atoms with van der Waals surface area (Å²) in [5.41, 5.74) is 2.75. The van der Waals surface area contributed by atoms with Crippen LogP contribution in [0.2, 0.25) is 0 Å². The number of hydrazine groups is 1. The summed E-state index contributed by atoms with van der Waals surface area (Å²) in [6.07, 6.45) is 1.35. The Balaban J connectivity index is 0.00000450. The predicted molar refractivity (Wildman–Crippen MR) is 109 cm³/mol. The van der Waals surface area contributed by atoms with E-state index in [9.17, 15) is 19.5 Å². The van der Waals surface area contributed by atoms with Gasteiger partial charge in [-0.1, -0.05) is 13.0 Å². The van der Waals surface area contributed by atoms with Gasteiger partial charge in [0.1, 0.15) is 5.60 Å². The van der Waals surface area contributed by atoms with Gasteiger partial charge in [0.2, 0.25) is 0 Å². The SMILES string of the molecule is CCN(CCc1ccc2c(c1)c(=O)c(C(=O)[O-])cn2CC)NC(=O)OC(C)(C)C.[Na+]. The number of benzene rings is 1. The van der Waals surface area contributed by atoms with E-state index in [0.29, 0.717) is 37.0 Å². The number of hydrogen-bond acceptors (Lipinski definition) is 6. The number of hydrogen-bond donors (Lipinski definition) is 1. The molecular weight excluding hydrogens is 397 g/mol. The third-order valence-corrected chi connectivity index (χ3v) is 4.41. The van der Waals surface area contributed by atoms with Crippen LogP contribution in [0.15, 0.2) is 29.2 Å². The molecule has 0 aliphatic heterocycles. The molecule has 0 bridgehead atoms. The zero-order valence-corrected chi connectivity index (χ0v) is 20.6. The number of carboxylic acid groups (broad SMARTS) is 1. The van der Waals surface area contributed by atoms with E-state index in [1.165, 1.54) is 6.20 Å². The summed E-state index contributed by atoms with van der Waals surface area (Å²) in [6.45, 7) is 10.8. The molecule has 2 aromatic rings. The van der Waals surface area contributed by atoms with Crippen molar-refractivity contribution in [1.82, 2.24) is 15.0 Å². The monoisotopic (exact) mass is 425 g/mol. The molecule has 0 radical (unpaired) electrons. The van der Waals surface area contributed by atoms with Crippen LogP contribution in [0.25, 0.3) is 10.9 Å². The van der Waals surface area contributed by atoms with Crippen LogP contribution in [0.3, 0.4) is 0 Å². The van der Waals surface area contributed by atoms with Crippen molar-refractivity contribution in [3.63, 3.8) is 0 Å². The minimum Gasteiger partial charge on any atom is -0.545 e. The molecule has 1 N–H and O–H groups in total. The second-order valence-corrected chi connectivity index (χ2v) is 7.74. The average Bonchev–Trinajstić information content (AvgIpc) is 2.63. The Kier molecular flexibility index (Phi) is 9.55. The number of aromatic carboxylic acids is 1. The smallest absolute Gasteiger partial charge is 0.545 e. The Labute approximate surface area is 198 Å². The van der Waals surface area contributed by atoms with Gasteiger partial charge in [0.15, 0.2) is 5.43 Å². The first-order valence-corrected chi connectivity index (χ1v) is 9.67. The number of nitrogens with one attached hydrogen (secondary N) is 1. The van der Waals surface area contributed by atoms with E-state index in [1.54, 1.807) is 36.4 Å². The number of nitrogens with zero attached hydrogens (tertiary/aromatic N) is 2. The molecular formula is C21H28N3NaO5. The van der Waals surface area contributed by atoms with E-state index >= 15 is 0 Å². The summed E-state index contributed by atoms with van der Waals surface area (Å²) >= 11 is 0. The van der Waals surface area contributed by atoms with Gasteiger partial charge in [-0.05, 0) is 51.8 Å². The van der Waals surface area contributed by atoms with E-state index in [-0.39, 0.29) is 35.1 Å². The van der Waals surface area contributed by atoms with Crippen LogP contribution < -0.4 is 45.5 Å². The van der Waals surface area contributed by atoms with Crippen LogP contribution in [-0.2, 0) is 17.7 Å². The molecule has 0 aliphatic rings. The molecule has 0 unspecified atom stereocenters. The Hall–Kier alpha value is -1.87. The fourth-order valence-electron chi connectivity index (χ4n) is 2.99. The molecule has 0 saturated carbocycles. The number of aromatic nitrogens is 1. The molecule has 1 amide bonds. The van der Waals surface area contributed by atoms with Gasteiger partial charge in [-0.2, -0.15) is 0 Å². The predicted octanol–water partition coefficient (Wildman–Crippen LogP) is -1.31. The number of carbonyl (C=O) groups excluding carboxylic acids is 2. The Morgan fingerprint density at radius 3 is 2.43 bits per heavy atom. The number of amides is 1. The normalized spacial score (nSPS) is 11.3. The number of rotatable bonds is 7. The molecule has 0 aliphatic carbocycles. The molecule has 1 aromatic carbocycles. The molecule has 9 heteroatoms. The molecule has 30 heavy (non-hydrogen) atoms. The van der Waals surface area contributed by atoms with Crippen molar-refractivity contribution in [2.75, 3.05) is 13.1 Å². The first-order chi connectivity index (χ1) is 13.6. The van der Waals surface area contributed by atoms with Gasteiger partial charge >= 0.3 is 35.7 Å². The third-order valence-electron chi connectivity index (χ3n) is 4.41. The number of carboxylic acids is 1. The minimum absolute atomic E-state index is 0. The van der Waals surface area contributed by atoms with E-state index in [4.69, 9.17) is 4.74 Å². The molecule has 1 heterocycles. The standard InChI is InChI=1S/C21H29N3O5.Na/c1-6-23-13-16(19(26)27)18(25)15-12-14(8-9-17(15)23)10-11-24(7-2)22-20(28)29-21(3,4)5;/h8-9,12-13H,6-7,10-11H2,1-5H3,(H,22,28)(H,26,27);/q;+1/p-1. The third kappa shape index (κ3) is 6.84. The summed E-state index contributed by atoms with van der Waals surface area (Å²) in [6, 6.07) is 5.41. The number of pyridine rings is 1. The van der Waals surface area contributed by atoms with Crippen molar-refractivity contribution >= 4 is 23.0 Å². The molecule has 0 fully saturated rings. The summed E-state index contributed by atoms with van der Waals surface area (Å²) in [7, 11) is 0. The largest absolute Gasteiger partial charge is 1.00 e. The van der Waals surface area contributed by atoms with Crippen LogP contribution in [0.5, 0.6) is 0 Å². The van der Waals surface area contributed by atoms with Crippen molar-refractivity contribution in [3.8, 4) is 0 Å². The second-order valence-electron chi connectivity index (χ2n) is 7.74. The quantitative estimate of drug-likeness (QED) is 0.437. The molecule has 0 saturated heterocycles. The summed E-state index contributed by atoms with van der Waals surface area (Å²) < 4.78 is 6.98. The number of fused-ring (bicyclic) bond motifs is 1. The maximum absolute atomic E-state index is 12.5. The number of likely N-dealkylation sites (N-methyl/N-ethyl adjacent to an activating group) is 1. The van der Waals surface area contributed by atoms with Crippen molar-refractivity contribution in [3.05, 3.63) is 45.7 Å². The van der Waals surface area contributed by atoms with Gasteiger partial charge < -0.3 is 19.2 Å². The fraction of sp³-hybridized carbons (Fsp3) is 0.476. The maximum atomic E-state index is 12.5. The van der Waals surface area contributed by atoms with E-state index in [1.807, 2.05) is 26.0 Å². The fourth-order valence-corrected chi connectivity index (χ4v) is 2.99. The number of aryl methyl sites for hydroxylation is 1. The van der Waals surface area contributed by atoms with Gasteiger partial charge in [-0.3, -0.25) is 10.2 Å². The van der Waals surface area contributed by atoms with Crippen molar-refractivity contribution in [2.24, 2.45) is 0 Å². The van der Waals surface area contributed by atoms with Crippen LogP contribution in [0, 0.1) is 0 Å². The van der Waals surface area contributed by atoms with Crippen molar-refractivity contribution in [1.29, 1.82) is 0 Å². The first-order valence-electron chi connectivity index (χ1n) is 9.67. The van der Waals surface area contributed by atoms with Crippen LogP contribution >= 0.6 is 0 Å². The van der Waals surface area contributed by atoms with Gasteiger partial charge in [0, 0.05) is 31.2 Å². The van der Waals surface area contributed by atoms with Gasteiger partial charge in [-0.25, -0.2) is 9.80 Å². The maximum Gasteiger partial charge on any atom is 1.00 e. The van der Waals surface area contributed by atoms with Crippen LogP contribution in [-0.4, -0.2) is 40.3 Å². The van der Waals surface area contributed by atoms with Gasteiger partial charge in [-0.15, -0.1) is 0 Å². The van der Waals surface area contributed by atoms with Crippen LogP contribution in [0.1, 0.15) is 50.5 Å². The molecule has 0 atom stereocenters. The summed E-state index contributed by atoms with van der Waals surface area (Å²) in [4.78, 5) is 35.8. The second kappa shape index (κ2) is 10.9. The molecule has 1 aromatic heterocycles. The number of ether oxygens (including phenoxy) is 1. The summed E-state index contributed by atoms with van der Waals surface area (Å²) in [5, 5.41) is 13.4. The topological polar surface area (TPSA) is 104 Å². The summed E-state index contributed by atoms with van der Waals surface area (Å²) in [5.74, 6) is -1.48. The zero-order chi connectivity index (χ0) is 21.8. The Bertz CT molecular complexity index is 965. The molecule has 8 nitrogen and oxygen atoms in total. The Morgan fingerprint density at radius 2 is 1.90 bits per heavy atom. The van der Waals surface area contributed by atoms with E-state index < -0.39 is 23.1 Å².